The summed E-state index contributed by atoms with van der Waals surface area (Å²) in [4.78, 5) is 22.3. The van der Waals surface area contributed by atoms with Crippen molar-refractivity contribution in [3.8, 4) is 0 Å². The van der Waals surface area contributed by atoms with E-state index in [4.69, 9.17) is 5.11 Å². The van der Waals surface area contributed by atoms with Crippen LogP contribution in [0.5, 0.6) is 0 Å². The van der Waals surface area contributed by atoms with Crippen LogP contribution in [0.1, 0.15) is 32.7 Å². The fourth-order valence-electron chi connectivity index (χ4n) is 1.73. The third-order valence-electron chi connectivity index (χ3n) is 2.37. The number of carboxylic acid groups (broad SMARTS) is 1. The largest absolute Gasteiger partial charge is 0.478 e. The summed E-state index contributed by atoms with van der Waals surface area (Å²) in [7, 11) is 0. The number of halogens is 1. The molecular formula is C10H7IO3. The van der Waals surface area contributed by atoms with Crippen LogP contribution in [0.4, 0.5) is 0 Å². The van der Waals surface area contributed by atoms with E-state index in [1.54, 1.807) is 6.07 Å². The second-order valence-electron chi connectivity index (χ2n) is 3.18. The normalized spacial score (nSPS) is 14.2. The number of benzene rings is 1. The first-order chi connectivity index (χ1) is 6.61. The number of carboxylic acids is 1. The molecule has 0 radical (unpaired) electrons. The average molecular weight is 302 g/mol. The van der Waals surface area contributed by atoms with E-state index in [1.807, 2.05) is 0 Å². The van der Waals surface area contributed by atoms with E-state index in [2.05, 4.69) is 22.6 Å². The fraction of sp³-hybridized carbons (Fsp3) is 0.200. The summed E-state index contributed by atoms with van der Waals surface area (Å²) in [6.07, 6.45) is 1.11. The second-order valence-corrected chi connectivity index (χ2v) is 4.34. The number of hydrogen-bond acceptors (Lipinski definition) is 2. The van der Waals surface area contributed by atoms with E-state index in [0.717, 1.165) is 9.13 Å². The molecule has 0 atom stereocenters. The predicted molar refractivity (Wildman–Crippen MR) is 58.8 cm³/mol. The molecule has 0 fully saturated rings. The van der Waals surface area contributed by atoms with Crippen molar-refractivity contribution in [2.45, 2.75) is 12.8 Å². The third-order valence-corrected chi connectivity index (χ3v) is 3.38. The number of aromatic carboxylic acids is 1. The molecule has 0 bridgehead atoms. The smallest absolute Gasteiger partial charge is 0.336 e. The SMILES string of the molecule is O=C(O)c1ccc(I)c2c1C(=O)CC2. The van der Waals surface area contributed by atoms with Gasteiger partial charge in [-0.1, -0.05) is 0 Å². The monoisotopic (exact) mass is 302 g/mol. The van der Waals surface area contributed by atoms with Crippen LogP contribution in [0, 0.1) is 3.57 Å². The minimum atomic E-state index is -1.02. The van der Waals surface area contributed by atoms with Crippen LogP contribution in [0.25, 0.3) is 0 Å². The van der Waals surface area contributed by atoms with Gasteiger partial charge in [-0.2, -0.15) is 0 Å². The summed E-state index contributed by atoms with van der Waals surface area (Å²) in [5.74, 6) is -1.07. The molecule has 1 aliphatic carbocycles. The Morgan fingerprint density at radius 3 is 2.71 bits per heavy atom. The second kappa shape index (κ2) is 3.34. The molecule has 1 aliphatic rings. The van der Waals surface area contributed by atoms with Crippen molar-refractivity contribution in [3.05, 3.63) is 32.4 Å². The van der Waals surface area contributed by atoms with Crippen LogP contribution in [0.3, 0.4) is 0 Å². The number of ketones is 1. The van der Waals surface area contributed by atoms with Crippen molar-refractivity contribution in [2.24, 2.45) is 0 Å². The Morgan fingerprint density at radius 2 is 2.07 bits per heavy atom. The van der Waals surface area contributed by atoms with Crippen LogP contribution in [-0.2, 0) is 6.42 Å². The number of fused-ring (bicyclic) bond motifs is 1. The first kappa shape index (κ1) is 9.64. The van der Waals surface area contributed by atoms with E-state index in [0.29, 0.717) is 18.4 Å². The summed E-state index contributed by atoms with van der Waals surface area (Å²) >= 11 is 2.13. The highest BCUT2D eigenvalue weighted by atomic mass is 127. The lowest BCUT2D eigenvalue weighted by molar-refractivity contribution is 0.0692. The maximum atomic E-state index is 11.5. The molecule has 0 saturated carbocycles. The maximum absolute atomic E-state index is 11.5. The number of carbonyl (C=O) groups is 2. The topological polar surface area (TPSA) is 54.4 Å². The van der Waals surface area contributed by atoms with Crippen LogP contribution in [0.15, 0.2) is 12.1 Å². The van der Waals surface area contributed by atoms with Crippen molar-refractivity contribution in [1.82, 2.24) is 0 Å². The maximum Gasteiger partial charge on any atom is 0.336 e. The van der Waals surface area contributed by atoms with Gasteiger partial charge in [0.1, 0.15) is 0 Å². The molecule has 72 valence electrons. The van der Waals surface area contributed by atoms with Crippen LogP contribution >= 0.6 is 22.6 Å². The van der Waals surface area contributed by atoms with Crippen molar-refractivity contribution in [3.63, 3.8) is 0 Å². The predicted octanol–water partition coefficient (Wildman–Crippen LogP) is 2.12. The zero-order chi connectivity index (χ0) is 10.3. The lowest BCUT2D eigenvalue weighted by Gasteiger charge is -2.04. The molecular weight excluding hydrogens is 295 g/mol. The van der Waals surface area contributed by atoms with E-state index in [9.17, 15) is 9.59 Å². The molecule has 2 rings (SSSR count). The minimum absolute atomic E-state index is 0.0454. The number of Topliss-reactive ketones (excluding diaryl/α,β-unsaturated/α-hetero) is 1. The van der Waals surface area contributed by atoms with Gasteiger partial charge in [0, 0.05) is 15.6 Å². The van der Waals surface area contributed by atoms with Crippen LogP contribution in [-0.4, -0.2) is 16.9 Å². The highest BCUT2D eigenvalue weighted by Gasteiger charge is 2.27. The Balaban J connectivity index is 2.72. The molecule has 0 saturated heterocycles. The van der Waals surface area contributed by atoms with E-state index in [1.165, 1.54) is 6.07 Å². The van der Waals surface area contributed by atoms with Crippen molar-refractivity contribution in [1.29, 1.82) is 0 Å². The molecule has 1 aromatic rings. The summed E-state index contributed by atoms with van der Waals surface area (Å²) < 4.78 is 0.980. The van der Waals surface area contributed by atoms with Crippen LogP contribution < -0.4 is 0 Å². The summed E-state index contributed by atoms with van der Waals surface area (Å²) in [5, 5.41) is 8.90. The number of carbonyl (C=O) groups excluding carboxylic acids is 1. The van der Waals surface area contributed by atoms with Crippen molar-refractivity contribution in [2.75, 3.05) is 0 Å². The molecule has 14 heavy (non-hydrogen) atoms. The summed E-state index contributed by atoms with van der Waals surface area (Å²) in [6, 6.07) is 3.26. The van der Waals surface area contributed by atoms with Gasteiger partial charge in [0.25, 0.3) is 0 Å². The van der Waals surface area contributed by atoms with Gasteiger partial charge >= 0.3 is 5.97 Å². The quantitative estimate of drug-likeness (QED) is 0.808. The Labute approximate surface area is 94.3 Å². The zero-order valence-electron chi connectivity index (χ0n) is 7.21. The Kier molecular flexibility index (Phi) is 2.30. The highest BCUT2D eigenvalue weighted by Crippen LogP contribution is 2.29. The molecule has 0 amide bonds. The van der Waals surface area contributed by atoms with E-state index in [-0.39, 0.29) is 11.3 Å². The Bertz CT molecular complexity index is 437. The van der Waals surface area contributed by atoms with Gasteiger partial charge in [-0.3, -0.25) is 4.79 Å². The first-order valence-electron chi connectivity index (χ1n) is 4.19. The first-order valence-corrected chi connectivity index (χ1v) is 5.27. The van der Waals surface area contributed by atoms with Gasteiger partial charge in [-0.25, -0.2) is 4.79 Å². The fourth-order valence-corrected chi connectivity index (χ4v) is 2.45. The van der Waals surface area contributed by atoms with E-state index < -0.39 is 5.97 Å². The van der Waals surface area contributed by atoms with Gasteiger partial charge in [0.05, 0.1) is 5.56 Å². The lowest BCUT2D eigenvalue weighted by atomic mass is 10.0. The molecule has 0 unspecified atom stereocenters. The van der Waals surface area contributed by atoms with Crippen LogP contribution in [0.2, 0.25) is 0 Å². The molecule has 4 heteroatoms. The standard InChI is InChI=1S/C10H7IO3/c11-7-3-1-6(10(13)14)9-5(7)2-4-8(9)12/h1,3H,2,4H2,(H,13,14). The van der Waals surface area contributed by atoms with Crippen molar-refractivity contribution >= 4 is 34.3 Å². The van der Waals surface area contributed by atoms with Gasteiger partial charge in [-0.15, -0.1) is 0 Å². The minimum Gasteiger partial charge on any atom is -0.478 e. The third kappa shape index (κ3) is 1.33. The molecule has 0 heterocycles. The molecule has 3 nitrogen and oxygen atoms in total. The van der Waals surface area contributed by atoms with Gasteiger partial charge in [0.2, 0.25) is 0 Å². The lowest BCUT2D eigenvalue weighted by Crippen LogP contribution is -2.06. The number of rotatable bonds is 1. The Morgan fingerprint density at radius 1 is 1.36 bits per heavy atom. The average Bonchev–Trinajstić information content (AvgIpc) is 2.50. The van der Waals surface area contributed by atoms with Crippen molar-refractivity contribution < 1.29 is 14.7 Å². The summed E-state index contributed by atoms with van der Waals surface area (Å²) in [6.45, 7) is 0. The Hall–Kier alpha value is -0.910. The van der Waals surface area contributed by atoms with Gasteiger partial charge in [0.15, 0.2) is 5.78 Å². The zero-order valence-corrected chi connectivity index (χ0v) is 9.37. The van der Waals surface area contributed by atoms with Gasteiger partial charge in [-0.05, 0) is 46.7 Å². The molecule has 0 spiro atoms. The van der Waals surface area contributed by atoms with Gasteiger partial charge < -0.3 is 5.11 Å². The molecule has 1 N–H and O–H groups in total. The highest BCUT2D eigenvalue weighted by molar-refractivity contribution is 14.1. The number of hydrogen-bond donors (Lipinski definition) is 1. The molecule has 0 aromatic heterocycles. The summed E-state index contributed by atoms with van der Waals surface area (Å²) in [5.41, 5.74) is 1.46. The molecule has 1 aromatic carbocycles. The molecule has 0 aliphatic heterocycles. The van der Waals surface area contributed by atoms with E-state index >= 15 is 0 Å².